The second-order valence-electron chi connectivity index (χ2n) is 7.29. The van der Waals surface area contributed by atoms with E-state index < -0.39 is 11.7 Å². The van der Waals surface area contributed by atoms with Crippen molar-refractivity contribution in [1.29, 1.82) is 0 Å². The first kappa shape index (κ1) is 18.2. The number of fused-ring (bicyclic) bond motifs is 1. The van der Waals surface area contributed by atoms with Crippen LogP contribution in [0.4, 0.5) is 10.1 Å². The Labute approximate surface area is 170 Å². The van der Waals surface area contributed by atoms with Crippen molar-refractivity contribution in [2.75, 3.05) is 5.32 Å². The summed E-state index contributed by atoms with van der Waals surface area (Å²) in [6.45, 7) is -0.215. The van der Waals surface area contributed by atoms with Gasteiger partial charge in [0, 0.05) is 23.1 Å². The third-order valence-electron chi connectivity index (χ3n) is 5.04. The summed E-state index contributed by atoms with van der Waals surface area (Å²) in [6.07, 6.45) is 2.09. The third kappa shape index (κ3) is 3.47. The molecule has 0 spiro atoms. The van der Waals surface area contributed by atoms with Crippen molar-refractivity contribution in [2.24, 2.45) is 0 Å². The number of carbonyl (C=O) groups excluding carboxylic acids is 1. The van der Waals surface area contributed by atoms with Crippen molar-refractivity contribution in [1.82, 2.24) is 14.7 Å². The van der Waals surface area contributed by atoms with Gasteiger partial charge in [0.05, 0.1) is 11.1 Å². The Kier molecular flexibility index (Phi) is 4.39. The molecule has 2 aromatic carbocycles. The van der Waals surface area contributed by atoms with Gasteiger partial charge in [0.25, 0.3) is 11.4 Å². The number of hydrogen-bond donors (Lipinski definition) is 1. The summed E-state index contributed by atoms with van der Waals surface area (Å²) in [5.41, 5.74) is 1.06. The Morgan fingerprint density at radius 2 is 2.00 bits per heavy atom. The van der Waals surface area contributed by atoms with Crippen LogP contribution in [0.1, 0.15) is 24.6 Å². The molecular weight excluding hydrogens is 387 g/mol. The number of para-hydroxylation sites is 1. The van der Waals surface area contributed by atoms with Crippen LogP contribution in [0.2, 0.25) is 0 Å². The Morgan fingerprint density at radius 1 is 1.17 bits per heavy atom. The van der Waals surface area contributed by atoms with Gasteiger partial charge in [-0.1, -0.05) is 29.4 Å². The van der Waals surface area contributed by atoms with Gasteiger partial charge in [-0.15, -0.1) is 0 Å². The van der Waals surface area contributed by atoms with Gasteiger partial charge in [-0.05, 0) is 37.1 Å². The molecule has 1 amide bonds. The SMILES string of the molecule is O=C(Cn1c(=O)cc(-c2nc(C3CC3)no2)c2ccccc21)Nc1cccc(F)c1. The minimum absolute atomic E-state index is 0.215. The minimum Gasteiger partial charge on any atom is -0.334 e. The number of anilines is 1. The van der Waals surface area contributed by atoms with Crippen LogP contribution < -0.4 is 10.9 Å². The molecule has 1 saturated carbocycles. The van der Waals surface area contributed by atoms with Crippen LogP contribution >= 0.6 is 0 Å². The lowest BCUT2D eigenvalue weighted by Gasteiger charge is -2.12. The smallest absolute Gasteiger partial charge is 0.258 e. The fourth-order valence-corrected chi connectivity index (χ4v) is 3.44. The molecule has 0 bridgehead atoms. The molecule has 1 fully saturated rings. The van der Waals surface area contributed by atoms with Crippen molar-refractivity contribution in [3.8, 4) is 11.5 Å². The van der Waals surface area contributed by atoms with E-state index in [0.717, 1.165) is 18.2 Å². The van der Waals surface area contributed by atoms with Gasteiger partial charge in [-0.2, -0.15) is 4.98 Å². The van der Waals surface area contributed by atoms with E-state index in [-0.39, 0.29) is 12.1 Å². The lowest BCUT2D eigenvalue weighted by atomic mass is 10.1. The van der Waals surface area contributed by atoms with Gasteiger partial charge in [-0.25, -0.2) is 4.39 Å². The summed E-state index contributed by atoms with van der Waals surface area (Å²) >= 11 is 0. The molecule has 0 radical (unpaired) electrons. The summed E-state index contributed by atoms with van der Waals surface area (Å²) in [4.78, 5) is 29.8. The molecule has 7 nitrogen and oxygen atoms in total. The maximum absolute atomic E-state index is 13.4. The Bertz CT molecular complexity index is 1320. The number of carbonyl (C=O) groups is 1. The fourth-order valence-electron chi connectivity index (χ4n) is 3.44. The predicted octanol–water partition coefficient (Wildman–Crippen LogP) is 3.71. The molecule has 4 aromatic rings. The number of aromatic nitrogens is 3. The zero-order valence-corrected chi connectivity index (χ0v) is 15.8. The van der Waals surface area contributed by atoms with Crippen molar-refractivity contribution >= 4 is 22.5 Å². The Balaban J connectivity index is 1.50. The van der Waals surface area contributed by atoms with Crippen LogP contribution in [0.5, 0.6) is 0 Å². The van der Waals surface area contributed by atoms with E-state index >= 15 is 0 Å². The number of hydrogen-bond acceptors (Lipinski definition) is 5. The first-order chi connectivity index (χ1) is 14.6. The van der Waals surface area contributed by atoms with Crippen LogP contribution in [-0.2, 0) is 11.3 Å². The summed E-state index contributed by atoms with van der Waals surface area (Å²) in [5.74, 6) is 0.397. The molecular formula is C22H17FN4O3. The second kappa shape index (κ2) is 7.22. The summed E-state index contributed by atoms with van der Waals surface area (Å²) in [7, 11) is 0. The highest BCUT2D eigenvalue weighted by Gasteiger charge is 2.29. The van der Waals surface area contributed by atoms with Crippen LogP contribution in [-0.4, -0.2) is 20.6 Å². The van der Waals surface area contributed by atoms with E-state index in [9.17, 15) is 14.0 Å². The summed E-state index contributed by atoms with van der Waals surface area (Å²) in [5, 5.41) is 7.36. The van der Waals surface area contributed by atoms with Gasteiger partial charge in [0.1, 0.15) is 12.4 Å². The average molecular weight is 404 g/mol. The number of rotatable bonds is 5. The van der Waals surface area contributed by atoms with Gasteiger partial charge >= 0.3 is 0 Å². The van der Waals surface area contributed by atoms with Gasteiger partial charge in [0.15, 0.2) is 5.82 Å². The molecule has 1 aliphatic rings. The number of amides is 1. The largest absolute Gasteiger partial charge is 0.334 e. The molecule has 0 unspecified atom stereocenters. The summed E-state index contributed by atoms with van der Waals surface area (Å²) < 4.78 is 20.1. The zero-order valence-electron chi connectivity index (χ0n) is 15.8. The van der Waals surface area contributed by atoms with E-state index in [1.807, 2.05) is 12.1 Å². The number of nitrogens with zero attached hydrogens (tertiary/aromatic N) is 3. The second-order valence-corrected chi connectivity index (χ2v) is 7.29. The van der Waals surface area contributed by atoms with Crippen molar-refractivity contribution in [2.45, 2.75) is 25.3 Å². The molecule has 1 N–H and O–H groups in total. The monoisotopic (exact) mass is 404 g/mol. The lowest BCUT2D eigenvalue weighted by molar-refractivity contribution is -0.116. The number of benzene rings is 2. The van der Waals surface area contributed by atoms with Crippen molar-refractivity contribution in [3.63, 3.8) is 0 Å². The number of halogens is 1. The molecule has 150 valence electrons. The molecule has 0 atom stereocenters. The van der Waals surface area contributed by atoms with Crippen molar-refractivity contribution < 1.29 is 13.7 Å². The van der Waals surface area contributed by atoms with Crippen LogP contribution in [0.25, 0.3) is 22.4 Å². The lowest BCUT2D eigenvalue weighted by Crippen LogP contribution is -2.27. The molecule has 8 heteroatoms. The van der Waals surface area contributed by atoms with E-state index in [1.54, 1.807) is 18.2 Å². The highest BCUT2D eigenvalue weighted by Crippen LogP contribution is 2.39. The first-order valence-electron chi connectivity index (χ1n) is 9.60. The molecule has 0 saturated heterocycles. The van der Waals surface area contributed by atoms with Crippen molar-refractivity contribution in [3.05, 3.63) is 76.6 Å². The minimum atomic E-state index is -0.454. The molecule has 2 aromatic heterocycles. The van der Waals surface area contributed by atoms with Crippen LogP contribution in [0.15, 0.2) is 63.9 Å². The maximum Gasteiger partial charge on any atom is 0.258 e. The highest BCUT2D eigenvalue weighted by molar-refractivity contribution is 5.95. The molecule has 1 aliphatic carbocycles. The third-order valence-corrected chi connectivity index (χ3v) is 5.04. The Hall–Kier alpha value is -3.81. The van der Waals surface area contributed by atoms with E-state index in [2.05, 4.69) is 15.5 Å². The molecule has 30 heavy (non-hydrogen) atoms. The Morgan fingerprint density at radius 3 is 2.80 bits per heavy atom. The molecule has 5 rings (SSSR count). The maximum atomic E-state index is 13.4. The van der Waals surface area contributed by atoms with Gasteiger partial charge in [-0.3, -0.25) is 14.2 Å². The van der Waals surface area contributed by atoms with Gasteiger partial charge in [0.2, 0.25) is 5.91 Å². The van der Waals surface area contributed by atoms with E-state index in [0.29, 0.717) is 34.4 Å². The fraction of sp³-hybridized carbons (Fsp3) is 0.182. The number of pyridine rings is 1. The normalized spacial score (nSPS) is 13.5. The first-order valence-corrected chi connectivity index (χ1v) is 9.60. The zero-order chi connectivity index (χ0) is 20.7. The standard InChI is InChI=1S/C22H17FN4O3/c23-14-4-3-5-15(10-14)24-19(28)12-27-18-7-2-1-6-16(18)17(11-20(27)29)22-25-21(26-30-22)13-8-9-13/h1-7,10-11,13H,8-9,12H2,(H,24,28). The van der Waals surface area contributed by atoms with E-state index in [4.69, 9.17) is 4.52 Å². The van der Waals surface area contributed by atoms with E-state index in [1.165, 1.54) is 28.8 Å². The summed E-state index contributed by atoms with van der Waals surface area (Å²) in [6, 6.07) is 14.2. The average Bonchev–Trinajstić information content (AvgIpc) is 3.47. The van der Waals surface area contributed by atoms with Gasteiger partial charge < -0.3 is 9.84 Å². The number of nitrogens with one attached hydrogen (secondary N) is 1. The molecule has 0 aliphatic heterocycles. The molecule has 2 heterocycles. The van der Waals surface area contributed by atoms with Crippen LogP contribution in [0, 0.1) is 5.82 Å². The highest BCUT2D eigenvalue weighted by atomic mass is 19.1. The predicted molar refractivity (Wildman–Crippen MR) is 109 cm³/mol. The van der Waals surface area contributed by atoms with Crippen LogP contribution in [0.3, 0.4) is 0 Å². The topological polar surface area (TPSA) is 90.0 Å². The quantitative estimate of drug-likeness (QED) is 0.548.